The Morgan fingerprint density at radius 1 is 0.475 bits per heavy atom. The first kappa shape index (κ1) is 24.9. The van der Waals surface area contributed by atoms with Crippen LogP contribution in [0.2, 0.25) is 0 Å². The highest BCUT2D eigenvalue weighted by atomic mass is 16.5. The zero-order valence-corrected chi connectivity index (χ0v) is 21.9. The van der Waals surface area contributed by atoms with Crippen LogP contribution in [0.25, 0.3) is 56.1 Å². The number of furan rings is 2. The Bertz CT molecular complexity index is 1860. The molecule has 0 radical (unpaired) electrons. The van der Waals surface area contributed by atoms with Gasteiger partial charge in [0, 0.05) is 24.3 Å². The molecule has 0 aliphatic rings. The van der Waals surface area contributed by atoms with Crippen LogP contribution in [0.3, 0.4) is 0 Å². The van der Waals surface area contributed by atoms with Crippen LogP contribution in [-0.2, 0) is 0 Å². The highest BCUT2D eigenvalue weighted by Gasteiger charge is 2.19. The second-order valence-electron chi connectivity index (χ2n) is 8.71. The van der Waals surface area contributed by atoms with Crippen molar-refractivity contribution >= 4 is 21.9 Å². The summed E-state index contributed by atoms with van der Waals surface area (Å²) in [6.45, 7) is 0. The average Bonchev–Trinajstić information content (AvgIpc) is 3.65. The standard InChI is InChI=1S/C30H22O10/c1-33-15-9-25(35-3)17-13-19(29(31)39-27(17)11-15)21-5-7-23(37-21)24-8-6-22(38-24)20-14-18-26(36-4)10-16(34-2)12-28(18)40-30(20)32/h5-14H,1-4H3. The molecular weight excluding hydrogens is 520 g/mol. The van der Waals surface area contributed by atoms with E-state index < -0.39 is 11.3 Å². The summed E-state index contributed by atoms with van der Waals surface area (Å²) in [7, 11) is 6.06. The molecule has 0 saturated heterocycles. The molecule has 6 aromatic rings. The maximum Gasteiger partial charge on any atom is 0.347 e. The average molecular weight is 542 g/mol. The van der Waals surface area contributed by atoms with Crippen molar-refractivity contribution in [2.45, 2.75) is 0 Å². The molecule has 4 aromatic heterocycles. The van der Waals surface area contributed by atoms with Crippen molar-refractivity contribution in [3.63, 3.8) is 0 Å². The number of fused-ring (bicyclic) bond motifs is 2. The molecule has 202 valence electrons. The van der Waals surface area contributed by atoms with Gasteiger partial charge >= 0.3 is 11.3 Å². The zero-order chi connectivity index (χ0) is 28.0. The number of hydrogen-bond acceptors (Lipinski definition) is 10. The van der Waals surface area contributed by atoms with Crippen LogP contribution in [0.15, 0.2) is 87.9 Å². The Hall–Kier alpha value is -5.38. The number of ether oxygens (including phenoxy) is 4. The Kier molecular flexibility index (Phi) is 6.07. The Morgan fingerprint density at radius 2 is 0.875 bits per heavy atom. The molecule has 2 aromatic carbocycles. The summed E-state index contributed by atoms with van der Waals surface area (Å²) < 4.78 is 44.4. The van der Waals surface area contributed by atoms with E-state index in [1.54, 1.807) is 60.7 Å². The van der Waals surface area contributed by atoms with Crippen LogP contribution in [-0.4, -0.2) is 28.4 Å². The molecular formula is C30H22O10. The monoisotopic (exact) mass is 542 g/mol. The van der Waals surface area contributed by atoms with Gasteiger partial charge in [-0.25, -0.2) is 9.59 Å². The van der Waals surface area contributed by atoms with Gasteiger partial charge in [0.15, 0.2) is 11.5 Å². The molecule has 10 nitrogen and oxygen atoms in total. The Balaban J connectivity index is 1.38. The number of hydrogen-bond donors (Lipinski definition) is 0. The third kappa shape index (κ3) is 4.15. The topological polar surface area (TPSA) is 124 Å². The van der Waals surface area contributed by atoms with E-state index in [0.29, 0.717) is 56.5 Å². The molecule has 0 aliphatic heterocycles. The molecule has 0 amide bonds. The van der Waals surface area contributed by atoms with Crippen molar-refractivity contribution in [3.8, 4) is 57.2 Å². The van der Waals surface area contributed by atoms with Gasteiger partial charge in [0.25, 0.3) is 0 Å². The second kappa shape index (κ2) is 9.73. The van der Waals surface area contributed by atoms with Crippen molar-refractivity contribution in [3.05, 3.63) is 81.5 Å². The second-order valence-corrected chi connectivity index (χ2v) is 8.71. The fourth-order valence-electron chi connectivity index (χ4n) is 4.47. The van der Waals surface area contributed by atoms with E-state index in [1.165, 1.54) is 28.4 Å². The molecule has 40 heavy (non-hydrogen) atoms. The molecule has 0 bridgehead atoms. The summed E-state index contributed by atoms with van der Waals surface area (Å²) in [4.78, 5) is 25.6. The highest BCUT2D eigenvalue weighted by molar-refractivity contribution is 5.89. The first-order chi connectivity index (χ1) is 19.4. The zero-order valence-electron chi connectivity index (χ0n) is 21.9. The lowest BCUT2D eigenvalue weighted by molar-refractivity contribution is 0.395. The predicted molar refractivity (Wildman–Crippen MR) is 146 cm³/mol. The van der Waals surface area contributed by atoms with Crippen LogP contribution in [0.4, 0.5) is 0 Å². The van der Waals surface area contributed by atoms with Gasteiger partial charge in [0.05, 0.1) is 39.2 Å². The SMILES string of the molecule is COc1cc(OC)c2cc(-c3ccc(-c4ccc(-c5cc6c(OC)cc(OC)cc6oc5=O)o4)o3)c(=O)oc2c1. The largest absolute Gasteiger partial charge is 0.496 e. The maximum atomic E-state index is 12.8. The molecule has 0 atom stereocenters. The highest BCUT2D eigenvalue weighted by Crippen LogP contribution is 2.37. The molecule has 4 heterocycles. The number of rotatable bonds is 7. The number of methoxy groups -OCH3 is 4. The summed E-state index contributed by atoms with van der Waals surface area (Å²) in [6, 6.07) is 16.5. The molecule has 0 N–H and O–H groups in total. The van der Waals surface area contributed by atoms with E-state index in [9.17, 15) is 9.59 Å². The molecule has 0 saturated carbocycles. The summed E-state index contributed by atoms with van der Waals surface area (Å²) >= 11 is 0. The van der Waals surface area contributed by atoms with Gasteiger partial charge in [0.2, 0.25) is 0 Å². The summed E-state index contributed by atoms with van der Waals surface area (Å²) in [5, 5.41) is 1.15. The predicted octanol–water partition coefficient (Wildman–Crippen LogP) is 6.12. The summed E-state index contributed by atoms with van der Waals surface area (Å²) in [6.07, 6.45) is 0. The lowest BCUT2D eigenvalue weighted by Gasteiger charge is -2.08. The van der Waals surface area contributed by atoms with Gasteiger partial charge in [0.1, 0.15) is 56.8 Å². The van der Waals surface area contributed by atoms with E-state index in [0.717, 1.165) is 0 Å². The normalized spacial score (nSPS) is 11.2. The van der Waals surface area contributed by atoms with Gasteiger partial charge in [-0.05, 0) is 36.4 Å². The summed E-state index contributed by atoms with van der Waals surface area (Å²) in [5.74, 6) is 3.17. The smallest absolute Gasteiger partial charge is 0.347 e. The van der Waals surface area contributed by atoms with Gasteiger partial charge < -0.3 is 36.6 Å². The summed E-state index contributed by atoms with van der Waals surface area (Å²) in [5.41, 5.74) is -0.154. The Morgan fingerprint density at radius 3 is 1.25 bits per heavy atom. The molecule has 0 spiro atoms. The van der Waals surface area contributed by atoms with E-state index >= 15 is 0 Å². The van der Waals surface area contributed by atoms with Crippen molar-refractivity contribution in [1.82, 2.24) is 0 Å². The molecule has 10 heteroatoms. The van der Waals surface area contributed by atoms with Gasteiger partial charge in [-0.2, -0.15) is 0 Å². The van der Waals surface area contributed by atoms with Gasteiger partial charge in [-0.1, -0.05) is 0 Å². The lowest BCUT2D eigenvalue weighted by atomic mass is 10.1. The Labute approximate surface area is 225 Å². The minimum absolute atomic E-state index is 0.201. The quantitative estimate of drug-likeness (QED) is 0.218. The molecule has 0 aliphatic carbocycles. The van der Waals surface area contributed by atoms with E-state index in [4.69, 9.17) is 36.6 Å². The fraction of sp³-hybridized carbons (Fsp3) is 0.133. The lowest BCUT2D eigenvalue weighted by Crippen LogP contribution is -2.03. The molecule has 6 rings (SSSR count). The van der Waals surface area contributed by atoms with Crippen LogP contribution in [0, 0.1) is 0 Å². The minimum Gasteiger partial charge on any atom is -0.496 e. The van der Waals surface area contributed by atoms with Crippen molar-refractivity contribution < 1.29 is 36.6 Å². The third-order valence-corrected chi connectivity index (χ3v) is 6.47. The van der Waals surface area contributed by atoms with E-state index in [1.807, 2.05) is 0 Å². The van der Waals surface area contributed by atoms with Crippen LogP contribution in [0.1, 0.15) is 0 Å². The van der Waals surface area contributed by atoms with Gasteiger partial charge in [-0.3, -0.25) is 0 Å². The van der Waals surface area contributed by atoms with Crippen molar-refractivity contribution in [2.24, 2.45) is 0 Å². The fourth-order valence-corrected chi connectivity index (χ4v) is 4.47. The van der Waals surface area contributed by atoms with Gasteiger partial charge in [-0.15, -0.1) is 0 Å². The maximum absolute atomic E-state index is 12.8. The van der Waals surface area contributed by atoms with Crippen molar-refractivity contribution in [2.75, 3.05) is 28.4 Å². The van der Waals surface area contributed by atoms with Crippen molar-refractivity contribution in [1.29, 1.82) is 0 Å². The van der Waals surface area contributed by atoms with Crippen LogP contribution in [0.5, 0.6) is 23.0 Å². The minimum atomic E-state index is -0.594. The van der Waals surface area contributed by atoms with Crippen LogP contribution >= 0.6 is 0 Å². The molecule has 0 unspecified atom stereocenters. The van der Waals surface area contributed by atoms with E-state index in [2.05, 4.69) is 0 Å². The molecule has 0 fully saturated rings. The first-order valence-corrected chi connectivity index (χ1v) is 12.0. The first-order valence-electron chi connectivity index (χ1n) is 12.0. The third-order valence-electron chi connectivity index (χ3n) is 6.47. The number of benzene rings is 2. The van der Waals surface area contributed by atoms with Crippen LogP contribution < -0.4 is 30.2 Å². The van der Waals surface area contributed by atoms with E-state index in [-0.39, 0.29) is 22.6 Å².